The molecule has 0 aromatic heterocycles. The van der Waals surface area contributed by atoms with E-state index >= 15 is 0 Å². The molecule has 1 aromatic carbocycles. The van der Waals surface area contributed by atoms with Crippen molar-refractivity contribution in [3.63, 3.8) is 0 Å². The van der Waals surface area contributed by atoms with Crippen LogP contribution < -0.4 is 0 Å². The lowest BCUT2D eigenvalue weighted by Gasteiger charge is -2.23. The molecule has 0 N–H and O–H groups in total. The lowest BCUT2D eigenvalue weighted by molar-refractivity contribution is 0.585. The number of sulfone groups is 1. The second-order valence-electron chi connectivity index (χ2n) is 5.88. The first kappa shape index (κ1) is 18.5. The molecule has 0 heterocycles. The van der Waals surface area contributed by atoms with Crippen LogP contribution in [0.2, 0.25) is 0 Å². The lowest BCUT2D eigenvalue weighted by atomic mass is 10.1. The van der Waals surface area contributed by atoms with E-state index in [0.29, 0.717) is 16.2 Å². The molecule has 0 aliphatic heterocycles. The number of alkyl halides is 1. The smallest absolute Gasteiger partial charge is 0.184 e. The van der Waals surface area contributed by atoms with E-state index in [0.717, 1.165) is 22.2 Å². The Hall–Kier alpha value is -0.300. The monoisotopic (exact) mass is 488 g/mol. The Balaban J connectivity index is 1.77. The maximum Gasteiger partial charge on any atom is 0.184 e. The molecule has 0 bridgehead atoms. The minimum atomic E-state index is -3.29. The topological polar surface area (TPSA) is 34.1 Å². The SMILES string of the molecule is O=S(=O)(C1=CC(Sc2ccc(Br)cc2)CC=C1)C1C=CC(Br)CC1. The van der Waals surface area contributed by atoms with E-state index in [1.807, 2.05) is 36.4 Å². The summed E-state index contributed by atoms with van der Waals surface area (Å²) in [7, 11) is -3.29. The fourth-order valence-electron chi connectivity index (χ4n) is 2.78. The molecule has 2 nitrogen and oxygen atoms in total. The number of benzene rings is 1. The van der Waals surface area contributed by atoms with Gasteiger partial charge in [-0.2, -0.15) is 0 Å². The van der Waals surface area contributed by atoms with Gasteiger partial charge in [-0.1, -0.05) is 56.2 Å². The number of hydrogen-bond donors (Lipinski definition) is 0. The number of hydrogen-bond acceptors (Lipinski definition) is 3. The molecule has 3 unspecified atom stereocenters. The Kier molecular flexibility index (Phi) is 6.11. The van der Waals surface area contributed by atoms with E-state index in [4.69, 9.17) is 0 Å². The molecular weight excluding hydrogens is 472 g/mol. The van der Waals surface area contributed by atoms with Crippen LogP contribution in [0.25, 0.3) is 0 Å². The van der Waals surface area contributed by atoms with Gasteiger partial charge in [-0.25, -0.2) is 8.42 Å². The summed E-state index contributed by atoms with van der Waals surface area (Å²) in [5, 5.41) is -0.254. The van der Waals surface area contributed by atoms with E-state index in [-0.39, 0.29) is 5.25 Å². The van der Waals surface area contributed by atoms with Crippen molar-refractivity contribution in [2.24, 2.45) is 0 Å². The Morgan fingerprint density at radius 1 is 1.08 bits per heavy atom. The normalized spacial score (nSPS) is 27.1. The Morgan fingerprint density at radius 3 is 2.50 bits per heavy atom. The highest BCUT2D eigenvalue weighted by Gasteiger charge is 2.30. The Labute approximate surface area is 164 Å². The average Bonchev–Trinajstić information content (AvgIpc) is 2.58. The molecule has 1 aromatic rings. The number of halogens is 2. The molecule has 3 rings (SSSR count). The van der Waals surface area contributed by atoms with Crippen LogP contribution >= 0.6 is 43.6 Å². The van der Waals surface area contributed by atoms with Crippen molar-refractivity contribution in [2.45, 2.75) is 39.5 Å². The third-order valence-electron chi connectivity index (χ3n) is 4.09. The van der Waals surface area contributed by atoms with Gasteiger partial charge in [0, 0.05) is 19.4 Å². The standard InChI is InChI=1S/C18H18Br2O2S2/c19-13-4-8-15(9-5-13)23-16-2-1-3-18(12-16)24(21,22)17-10-6-14(20)7-11-17/h1,3-6,8-10,12,14,16-17H,2,7,11H2. The van der Waals surface area contributed by atoms with Crippen molar-refractivity contribution in [2.75, 3.05) is 0 Å². The Bertz CT molecular complexity index is 780. The maximum absolute atomic E-state index is 12.9. The number of rotatable bonds is 4. The van der Waals surface area contributed by atoms with Crippen LogP contribution in [0.3, 0.4) is 0 Å². The molecular formula is C18H18Br2O2S2. The second-order valence-corrected chi connectivity index (χ2v) is 11.5. The van der Waals surface area contributed by atoms with Gasteiger partial charge >= 0.3 is 0 Å². The number of thioether (sulfide) groups is 1. The van der Waals surface area contributed by atoms with Gasteiger partial charge in [0.1, 0.15) is 0 Å². The molecule has 128 valence electrons. The van der Waals surface area contributed by atoms with Gasteiger partial charge in [0.25, 0.3) is 0 Å². The predicted molar refractivity (Wildman–Crippen MR) is 109 cm³/mol. The molecule has 0 fully saturated rings. The van der Waals surface area contributed by atoms with Gasteiger partial charge in [-0.3, -0.25) is 0 Å². The molecule has 24 heavy (non-hydrogen) atoms. The highest BCUT2D eigenvalue weighted by atomic mass is 79.9. The van der Waals surface area contributed by atoms with Gasteiger partial charge in [0.15, 0.2) is 9.84 Å². The second kappa shape index (κ2) is 7.94. The first-order valence-corrected chi connectivity index (χ1v) is 12.0. The van der Waals surface area contributed by atoms with Gasteiger partial charge in [-0.15, -0.1) is 11.8 Å². The first-order valence-electron chi connectivity index (χ1n) is 7.82. The van der Waals surface area contributed by atoms with E-state index in [9.17, 15) is 8.42 Å². The molecule has 6 heteroatoms. The number of allylic oxidation sites excluding steroid dienone is 3. The zero-order chi connectivity index (χ0) is 17.2. The molecule has 2 aliphatic rings. The summed E-state index contributed by atoms with van der Waals surface area (Å²) >= 11 is 8.65. The van der Waals surface area contributed by atoms with Crippen molar-refractivity contribution in [3.8, 4) is 0 Å². The fraction of sp³-hybridized carbons (Fsp3) is 0.333. The Morgan fingerprint density at radius 2 is 1.83 bits per heavy atom. The van der Waals surface area contributed by atoms with Crippen LogP contribution in [-0.4, -0.2) is 23.7 Å². The van der Waals surface area contributed by atoms with E-state index in [1.165, 1.54) is 0 Å². The predicted octanol–water partition coefficient (Wildman–Crippen LogP) is 5.65. The summed E-state index contributed by atoms with van der Waals surface area (Å²) in [4.78, 5) is 1.90. The van der Waals surface area contributed by atoms with Crippen LogP contribution in [0.1, 0.15) is 19.3 Å². The third kappa shape index (κ3) is 4.45. The summed E-state index contributed by atoms with van der Waals surface area (Å²) in [6.45, 7) is 0. The first-order chi connectivity index (χ1) is 11.4. The lowest BCUT2D eigenvalue weighted by Crippen LogP contribution is -2.25. The highest BCUT2D eigenvalue weighted by molar-refractivity contribution is 9.10. The molecule has 0 saturated heterocycles. The van der Waals surface area contributed by atoms with Crippen molar-refractivity contribution >= 4 is 53.5 Å². The van der Waals surface area contributed by atoms with Gasteiger partial charge < -0.3 is 0 Å². The summed E-state index contributed by atoms with van der Waals surface area (Å²) in [6.07, 6.45) is 11.8. The summed E-state index contributed by atoms with van der Waals surface area (Å²) in [6, 6.07) is 8.11. The van der Waals surface area contributed by atoms with Crippen LogP contribution in [0.4, 0.5) is 0 Å². The molecule has 2 aliphatic carbocycles. The third-order valence-corrected chi connectivity index (χ3v) is 8.68. The largest absolute Gasteiger partial charge is 0.223 e. The van der Waals surface area contributed by atoms with Crippen molar-refractivity contribution in [1.29, 1.82) is 0 Å². The highest BCUT2D eigenvalue weighted by Crippen LogP contribution is 2.34. The van der Waals surface area contributed by atoms with Gasteiger partial charge in [0.05, 0.1) is 10.2 Å². The van der Waals surface area contributed by atoms with Crippen molar-refractivity contribution in [3.05, 3.63) is 64.0 Å². The molecule has 3 atom stereocenters. The van der Waals surface area contributed by atoms with Crippen molar-refractivity contribution in [1.82, 2.24) is 0 Å². The quantitative estimate of drug-likeness (QED) is 0.404. The minimum absolute atomic E-state index is 0.150. The van der Waals surface area contributed by atoms with Crippen LogP contribution in [0, 0.1) is 0 Å². The minimum Gasteiger partial charge on any atom is -0.223 e. The maximum atomic E-state index is 12.9. The van der Waals surface area contributed by atoms with Crippen LogP contribution in [0.15, 0.2) is 68.9 Å². The zero-order valence-corrected chi connectivity index (χ0v) is 17.7. The van der Waals surface area contributed by atoms with Crippen LogP contribution in [0.5, 0.6) is 0 Å². The summed E-state index contributed by atoms with van der Waals surface area (Å²) < 4.78 is 26.8. The molecule has 0 radical (unpaired) electrons. The van der Waals surface area contributed by atoms with E-state index in [2.05, 4.69) is 44.0 Å². The fourth-order valence-corrected chi connectivity index (χ4v) is 6.37. The molecule has 0 saturated carbocycles. The molecule has 0 amide bonds. The molecule has 0 spiro atoms. The van der Waals surface area contributed by atoms with Crippen LogP contribution in [-0.2, 0) is 9.84 Å². The van der Waals surface area contributed by atoms with E-state index in [1.54, 1.807) is 17.8 Å². The zero-order valence-electron chi connectivity index (χ0n) is 12.9. The average molecular weight is 490 g/mol. The van der Waals surface area contributed by atoms with E-state index < -0.39 is 15.1 Å². The van der Waals surface area contributed by atoms with Gasteiger partial charge in [-0.05, 0) is 49.6 Å². The summed E-state index contributed by atoms with van der Waals surface area (Å²) in [5.41, 5.74) is 0. The van der Waals surface area contributed by atoms with Crippen molar-refractivity contribution < 1.29 is 8.42 Å². The van der Waals surface area contributed by atoms with Gasteiger partial charge in [0.2, 0.25) is 0 Å². The summed E-state index contributed by atoms with van der Waals surface area (Å²) in [5.74, 6) is 0.